The molecule has 0 amide bonds. The van der Waals surface area contributed by atoms with Gasteiger partial charge in [0.2, 0.25) is 0 Å². The first-order chi connectivity index (χ1) is 8.79. The molecule has 106 valence electrons. The molecule has 0 aromatic carbocycles. The lowest BCUT2D eigenvalue weighted by Crippen LogP contribution is -2.52. The maximum Gasteiger partial charge on any atom is 0.0121 e. The summed E-state index contributed by atoms with van der Waals surface area (Å²) in [6, 6.07) is 0.874. The molecule has 3 heteroatoms. The zero-order valence-corrected chi connectivity index (χ0v) is 12.4. The Hall–Kier alpha value is -0.120. The number of likely N-dealkylation sites (tertiary alicyclic amines) is 1. The molecule has 2 fully saturated rings. The van der Waals surface area contributed by atoms with Crippen LogP contribution in [0.25, 0.3) is 0 Å². The number of piperidine rings is 1. The molecule has 0 radical (unpaired) electrons. The third-order valence-corrected chi connectivity index (χ3v) is 4.69. The molecule has 0 aromatic rings. The van der Waals surface area contributed by atoms with Crippen LogP contribution >= 0.6 is 0 Å². The topological polar surface area (TPSA) is 9.72 Å². The van der Waals surface area contributed by atoms with Crippen molar-refractivity contribution in [1.29, 1.82) is 0 Å². The van der Waals surface area contributed by atoms with E-state index in [1.54, 1.807) is 0 Å². The zero-order chi connectivity index (χ0) is 12.8. The Labute approximate surface area is 113 Å². The number of hydrogen-bond acceptors (Lipinski definition) is 3. The summed E-state index contributed by atoms with van der Waals surface area (Å²) in [5, 5.41) is 0. The SMILES string of the molecule is CCCCCN1CCN(C2CCN(C)CC2)CC1. The monoisotopic (exact) mass is 253 g/mol. The Morgan fingerprint density at radius 1 is 0.889 bits per heavy atom. The van der Waals surface area contributed by atoms with Gasteiger partial charge < -0.3 is 9.80 Å². The van der Waals surface area contributed by atoms with E-state index in [-0.39, 0.29) is 0 Å². The minimum absolute atomic E-state index is 0.874. The van der Waals surface area contributed by atoms with Crippen molar-refractivity contribution in [3.8, 4) is 0 Å². The van der Waals surface area contributed by atoms with E-state index in [0.29, 0.717) is 0 Å². The van der Waals surface area contributed by atoms with E-state index in [1.165, 1.54) is 77.9 Å². The first-order valence-corrected chi connectivity index (χ1v) is 7.94. The Balaban J connectivity index is 1.63. The smallest absolute Gasteiger partial charge is 0.0121 e. The number of unbranched alkanes of at least 4 members (excludes halogenated alkanes) is 2. The minimum atomic E-state index is 0.874. The summed E-state index contributed by atoms with van der Waals surface area (Å²) in [5.74, 6) is 0. The van der Waals surface area contributed by atoms with Crippen LogP contribution in [-0.4, -0.2) is 73.6 Å². The molecule has 0 atom stereocenters. The maximum atomic E-state index is 2.75. The molecule has 0 unspecified atom stereocenters. The quantitative estimate of drug-likeness (QED) is 0.693. The van der Waals surface area contributed by atoms with Gasteiger partial charge in [-0.25, -0.2) is 0 Å². The molecular weight excluding hydrogens is 222 g/mol. The molecule has 0 aromatic heterocycles. The summed E-state index contributed by atoms with van der Waals surface area (Å²) < 4.78 is 0. The molecule has 0 aliphatic carbocycles. The van der Waals surface area contributed by atoms with Crippen molar-refractivity contribution < 1.29 is 0 Å². The third kappa shape index (κ3) is 4.22. The lowest BCUT2D eigenvalue weighted by atomic mass is 10.0. The van der Waals surface area contributed by atoms with Crippen LogP contribution in [0.5, 0.6) is 0 Å². The van der Waals surface area contributed by atoms with Crippen molar-refractivity contribution in [1.82, 2.24) is 14.7 Å². The lowest BCUT2D eigenvalue weighted by Gasteiger charge is -2.42. The number of piperazine rings is 1. The van der Waals surface area contributed by atoms with Crippen LogP contribution in [-0.2, 0) is 0 Å². The molecule has 0 spiro atoms. The fourth-order valence-electron chi connectivity index (χ4n) is 3.30. The molecule has 0 bridgehead atoms. The molecule has 2 aliphatic heterocycles. The van der Waals surface area contributed by atoms with Crippen molar-refractivity contribution >= 4 is 0 Å². The fraction of sp³-hybridized carbons (Fsp3) is 1.00. The van der Waals surface area contributed by atoms with E-state index in [4.69, 9.17) is 0 Å². The fourth-order valence-corrected chi connectivity index (χ4v) is 3.30. The van der Waals surface area contributed by atoms with Gasteiger partial charge in [0.15, 0.2) is 0 Å². The zero-order valence-electron chi connectivity index (χ0n) is 12.4. The summed E-state index contributed by atoms with van der Waals surface area (Å²) in [7, 11) is 2.25. The average Bonchev–Trinajstić information content (AvgIpc) is 2.41. The van der Waals surface area contributed by atoms with Gasteiger partial charge in [-0.15, -0.1) is 0 Å². The van der Waals surface area contributed by atoms with Crippen LogP contribution in [0.15, 0.2) is 0 Å². The van der Waals surface area contributed by atoms with Crippen molar-refractivity contribution in [2.75, 3.05) is 52.9 Å². The summed E-state index contributed by atoms with van der Waals surface area (Å²) in [6.45, 7) is 11.4. The maximum absolute atomic E-state index is 2.75. The van der Waals surface area contributed by atoms with Crippen LogP contribution in [0.2, 0.25) is 0 Å². The number of rotatable bonds is 5. The van der Waals surface area contributed by atoms with Gasteiger partial charge in [-0.1, -0.05) is 19.8 Å². The van der Waals surface area contributed by atoms with Crippen molar-refractivity contribution in [2.45, 2.75) is 45.1 Å². The Bertz CT molecular complexity index is 216. The van der Waals surface area contributed by atoms with E-state index in [1.807, 2.05) is 0 Å². The van der Waals surface area contributed by atoms with Gasteiger partial charge >= 0.3 is 0 Å². The molecule has 2 heterocycles. The highest BCUT2D eigenvalue weighted by Gasteiger charge is 2.25. The highest BCUT2D eigenvalue weighted by molar-refractivity contribution is 4.82. The largest absolute Gasteiger partial charge is 0.306 e. The van der Waals surface area contributed by atoms with Gasteiger partial charge in [-0.2, -0.15) is 0 Å². The molecular formula is C15H31N3. The van der Waals surface area contributed by atoms with Gasteiger partial charge in [0.1, 0.15) is 0 Å². The Morgan fingerprint density at radius 3 is 2.17 bits per heavy atom. The van der Waals surface area contributed by atoms with E-state index >= 15 is 0 Å². The van der Waals surface area contributed by atoms with Crippen LogP contribution in [0.1, 0.15) is 39.0 Å². The van der Waals surface area contributed by atoms with Gasteiger partial charge in [0.05, 0.1) is 0 Å². The van der Waals surface area contributed by atoms with Crippen molar-refractivity contribution in [3.05, 3.63) is 0 Å². The number of nitrogens with zero attached hydrogens (tertiary/aromatic N) is 3. The third-order valence-electron chi connectivity index (χ3n) is 4.69. The second kappa shape index (κ2) is 7.46. The molecule has 0 saturated carbocycles. The van der Waals surface area contributed by atoms with Gasteiger partial charge in [-0.05, 0) is 45.9 Å². The predicted octanol–water partition coefficient (Wildman–Crippen LogP) is 1.89. The Morgan fingerprint density at radius 2 is 1.56 bits per heavy atom. The second-order valence-corrected chi connectivity index (χ2v) is 6.12. The predicted molar refractivity (Wildman–Crippen MR) is 78.1 cm³/mol. The van der Waals surface area contributed by atoms with E-state index in [2.05, 4.69) is 28.7 Å². The van der Waals surface area contributed by atoms with Crippen LogP contribution in [0.3, 0.4) is 0 Å². The molecule has 18 heavy (non-hydrogen) atoms. The van der Waals surface area contributed by atoms with Crippen molar-refractivity contribution in [2.24, 2.45) is 0 Å². The summed E-state index contributed by atoms with van der Waals surface area (Å²) in [5.41, 5.74) is 0. The summed E-state index contributed by atoms with van der Waals surface area (Å²) in [4.78, 5) is 7.89. The highest BCUT2D eigenvalue weighted by atomic mass is 15.3. The highest BCUT2D eigenvalue weighted by Crippen LogP contribution is 2.17. The minimum Gasteiger partial charge on any atom is -0.306 e. The average molecular weight is 253 g/mol. The van der Waals surface area contributed by atoms with Crippen LogP contribution < -0.4 is 0 Å². The molecule has 0 N–H and O–H groups in total. The normalized spacial score (nSPS) is 25.7. The van der Waals surface area contributed by atoms with Gasteiger partial charge in [0.25, 0.3) is 0 Å². The summed E-state index contributed by atoms with van der Waals surface area (Å²) >= 11 is 0. The molecule has 2 rings (SSSR count). The second-order valence-electron chi connectivity index (χ2n) is 6.12. The van der Waals surface area contributed by atoms with Gasteiger partial charge in [0, 0.05) is 32.2 Å². The van der Waals surface area contributed by atoms with E-state index in [9.17, 15) is 0 Å². The van der Waals surface area contributed by atoms with Crippen LogP contribution in [0.4, 0.5) is 0 Å². The van der Waals surface area contributed by atoms with E-state index in [0.717, 1.165) is 6.04 Å². The first-order valence-electron chi connectivity index (χ1n) is 7.94. The standard InChI is InChI=1S/C15H31N3/c1-3-4-5-8-17-11-13-18(14-12-17)15-6-9-16(2)10-7-15/h15H,3-14H2,1-2H3. The van der Waals surface area contributed by atoms with Crippen molar-refractivity contribution in [3.63, 3.8) is 0 Å². The molecule has 2 saturated heterocycles. The molecule has 3 nitrogen and oxygen atoms in total. The van der Waals surface area contributed by atoms with Gasteiger partial charge in [-0.3, -0.25) is 4.90 Å². The number of hydrogen-bond donors (Lipinski definition) is 0. The Kier molecular flexibility index (Phi) is 5.93. The lowest BCUT2D eigenvalue weighted by molar-refractivity contribution is 0.0641. The molecule has 2 aliphatic rings. The van der Waals surface area contributed by atoms with E-state index < -0.39 is 0 Å². The summed E-state index contributed by atoms with van der Waals surface area (Å²) in [6.07, 6.45) is 6.90. The van der Waals surface area contributed by atoms with Crippen LogP contribution in [0, 0.1) is 0 Å². The first kappa shape index (κ1) is 14.3.